The lowest BCUT2D eigenvalue weighted by atomic mass is 9.81. The molecule has 20 heavy (non-hydrogen) atoms. The molecule has 1 aliphatic heterocycles. The van der Waals surface area contributed by atoms with Crippen LogP contribution in [0.3, 0.4) is 0 Å². The Bertz CT molecular complexity index is 557. The summed E-state index contributed by atoms with van der Waals surface area (Å²) in [7, 11) is 0. The number of aromatic nitrogens is 2. The molecule has 2 amide bonds. The van der Waals surface area contributed by atoms with E-state index in [0.29, 0.717) is 18.8 Å². The van der Waals surface area contributed by atoms with Gasteiger partial charge >= 0.3 is 18.0 Å². The van der Waals surface area contributed by atoms with Crippen LogP contribution in [0, 0.1) is 18.3 Å². The van der Waals surface area contributed by atoms with E-state index in [2.05, 4.69) is 15.5 Å². The second-order valence-electron chi connectivity index (χ2n) is 5.51. The predicted octanol–water partition coefficient (Wildman–Crippen LogP) is 1.10. The van der Waals surface area contributed by atoms with Gasteiger partial charge < -0.3 is 14.5 Å². The molecule has 8 nitrogen and oxygen atoms in total. The van der Waals surface area contributed by atoms with Gasteiger partial charge in [0.2, 0.25) is 0 Å². The summed E-state index contributed by atoms with van der Waals surface area (Å²) in [6.07, 6.45) is 2.40. The number of urea groups is 1. The molecule has 2 aliphatic rings. The Balaban J connectivity index is 1.70. The van der Waals surface area contributed by atoms with Crippen molar-refractivity contribution in [3.05, 3.63) is 5.82 Å². The highest BCUT2D eigenvalue weighted by Gasteiger charge is 2.55. The summed E-state index contributed by atoms with van der Waals surface area (Å²) >= 11 is 0. The molecule has 0 aromatic carbocycles. The zero-order valence-electron chi connectivity index (χ0n) is 11.1. The highest BCUT2D eigenvalue weighted by molar-refractivity contribution is 5.88. The number of hydrogen-bond donors (Lipinski definition) is 2. The topological polar surface area (TPSA) is 109 Å². The number of nitrogens with one attached hydrogen (secondary N) is 1. The van der Waals surface area contributed by atoms with E-state index in [1.54, 1.807) is 6.92 Å². The fraction of sp³-hybridized carbons (Fsp3) is 0.667. The monoisotopic (exact) mass is 280 g/mol. The summed E-state index contributed by atoms with van der Waals surface area (Å²) in [5.74, 6) is -0.334. The van der Waals surface area contributed by atoms with Gasteiger partial charge in [0.25, 0.3) is 0 Å². The third-order valence-corrected chi connectivity index (χ3v) is 4.33. The summed E-state index contributed by atoms with van der Waals surface area (Å²) in [5, 5.41) is 15.6. The number of aliphatic carboxylic acids is 1. The molecule has 108 valence electrons. The number of amides is 2. The van der Waals surface area contributed by atoms with Crippen molar-refractivity contribution in [3.8, 4) is 0 Å². The quantitative estimate of drug-likeness (QED) is 0.839. The molecule has 3 rings (SSSR count). The largest absolute Gasteiger partial charge is 0.481 e. The molecule has 1 saturated carbocycles. The van der Waals surface area contributed by atoms with E-state index in [4.69, 9.17) is 4.52 Å². The molecule has 1 aromatic heterocycles. The molecule has 0 spiro atoms. The first-order valence-electron chi connectivity index (χ1n) is 6.61. The van der Waals surface area contributed by atoms with Crippen molar-refractivity contribution in [2.75, 3.05) is 18.4 Å². The number of rotatable bonds is 2. The average molecular weight is 280 g/mol. The van der Waals surface area contributed by atoms with Crippen molar-refractivity contribution in [1.29, 1.82) is 0 Å². The SMILES string of the molecule is Cc1noc(NC(=O)N2C[C@@H]3CCC[C@@]3(C(=O)O)C2)n1. The van der Waals surface area contributed by atoms with Crippen LogP contribution in [0.2, 0.25) is 0 Å². The second-order valence-corrected chi connectivity index (χ2v) is 5.51. The molecule has 2 fully saturated rings. The van der Waals surface area contributed by atoms with Crippen molar-refractivity contribution < 1.29 is 19.2 Å². The van der Waals surface area contributed by atoms with Gasteiger partial charge in [-0.05, 0) is 25.7 Å². The van der Waals surface area contributed by atoms with Crippen LogP contribution in [0.1, 0.15) is 25.1 Å². The zero-order valence-corrected chi connectivity index (χ0v) is 11.1. The van der Waals surface area contributed by atoms with Gasteiger partial charge in [0.05, 0.1) is 5.41 Å². The highest BCUT2D eigenvalue weighted by Crippen LogP contribution is 2.48. The molecule has 1 saturated heterocycles. The number of fused-ring (bicyclic) bond motifs is 1. The molecule has 1 aliphatic carbocycles. The van der Waals surface area contributed by atoms with Crippen molar-refractivity contribution in [2.45, 2.75) is 26.2 Å². The van der Waals surface area contributed by atoms with Gasteiger partial charge in [-0.3, -0.25) is 10.1 Å². The standard InChI is InChI=1S/C12H16N4O4/c1-7-13-10(20-15-7)14-11(19)16-5-8-3-2-4-12(8,6-16)9(17)18/h8H,2-6H2,1H3,(H,17,18)(H,13,14,15,19)/t8-,12+/m0/s1. The molecule has 0 unspecified atom stereocenters. The molecule has 2 heterocycles. The Morgan fingerprint density at radius 2 is 2.35 bits per heavy atom. The van der Waals surface area contributed by atoms with E-state index >= 15 is 0 Å². The van der Waals surface area contributed by atoms with E-state index in [-0.39, 0.29) is 24.5 Å². The van der Waals surface area contributed by atoms with Gasteiger partial charge in [-0.25, -0.2) is 4.79 Å². The average Bonchev–Trinajstić information content (AvgIpc) is 3.02. The van der Waals surface area contributed by atoms with Gasteiger partial charge in [-0.2, -0.15) is 4.98 Å². The Morgan fingerprint density at radius 1 is 1.55 bits per heavy atom. The van der Waals surface area contributed by atoms with Crippen LogP contribution >= 0.6 is 0 Å². The smallest absolute Gasteiger partial charge is 0.329 e. The van der Waals surface area contributed by atoms with Crippen LogP contribution in [-0.2, 0) is 4.79 Å². The number of aryl methyl sites for hydroxylation is 1. The van der Waals surface area contributed by atoms with Crippen LogP contribution in [0.15, 0.2) is 4.52 Å². The first kappa shape index (κ1) is 12.9. The minimum Gasteiger partial charge on any atom is -0.481 e. The van der Waals surface area contributed by atoms with Crippen molar-refractivity contribution in [2.24, 2.45) is 11.3 Å². The van der Waals surface area contributed by atoms with Crippen LogP contribution < -0.4 is 5.32 Å². The third kappa shape index (κ3) is 1.91. The van der Waals surface area contributed by atoms with Gasteiger partial charge in [0.15, 0.2) is 5.82 Å². The molecule has 0 radical (unpaired) electrons. The fourth-order valence-electron chi connectivity index (χ4n) is 3.31. The summed E-state index contributed by atoms with van der Waals surface area (Å²) < 4.78 is 4.83. The number of carboxylic acids is 1. The van der Waals surface area contributed by atoms with Gasteiger partial charge in [0, 0.05) is 13.1 Å². The lowest BCUT2D eigenvalue weighted by molar-refractivity contribution is -0.149. The van der Waals surface area contributed by atoms with E-state index in [1.807, 2.05) is 0 Å². The Kier molecular flexibility index (Phi) is 2.88. The summed E-state index contributed by atoms with van der Waals surface area (Å²) in [6, 6.07) is -0.349. The first-order chi connectivity index (χ1) is 9.51. The van der Waals surface area contributed by atoms with E-state index < -0.39 is 11.4 Å². The number of nitrogens with zero attached hydrogens (tertiary/aromatic N) is 3. The number of carboxylic acid groups (broad SMARTS) is 1. The molecule has 2 atom stereocenters. The Labute approximate surface area is 115 Å². The third-order valence-electron chi connectivity index (χ3n) is 4.33. The second kappa shape index (κ2) is 4.46. The van der Waals surface area contributed by atoms with Crippen LogP contribution in [0.4, 0.5) is 10.8 Å². The molecular formula is C12H16N4O4. The molecule has 1 aromatic rings. The van der Waals surface area contributed by atoms with Crippen LogP contribution in [0.5, 0.6) is 0 Å². The number of likely N-dealkylation sites (tertiary alicyclic amines) is 1. The maximum Gasteiger partial charge on any atom is 0.329 e. The minimum absolute atomic E-state index is 0.0361. The maximum atomic E-state index is 12.1. The minimum atomic E-state index is -0.802. The highest BCUT2D eigenvalue weighted by atomic mass is 16.5. The zero-order chi connectivity index (χ0) is 14.3. The summed E-state index contributed by atoms with van der Waals surface area (Å²) in [5.41, 5.74) is -0.776. The van der Waals surface area contributed by atoms with Crippen molar-refractivity contribution in [3.63, 3.8) is 0 Å². The summed E-state index contributed by atoms with van der Waals surface area (Å²) in [6.45, 7) is 2.36. The van der Waals surface area contributed by atoms with Gasteiger partial charge in [-0.1, -0.05) is 11.6 Å². The predicted molar refractivity (Wildman–Crippen MR) is 67.0 cm³/mol. The van der Waals surface area contributed by atoms with E-state index in [1.165, 1.54) is 4.90 Å². The van der Waals surface area contributed by atoms with E-state index in [9.17, 15) is 14.7 Å². The van der Waals surface area contributed by atoms with Gasteiger partial charge in [0.1, 0.15) is 0 Å². The first-order valence-corrected chi connectivity index (χ1v) is 6.61. The van der Waals surface area contributed by atoms with Crippen LogP contribution in [-0.4, -0.2) is 45.2 Å². The summed E-state index contributed by atoms with van der Waals surface area (Å²) in [4.78, 5) is 29.1. The van der Waals surface area contributed by atoms with Gasteiger partial charge in [-0.15, -0.1) is 0 Å². The fourth-order valence-corrected chi connectivity index (χ4v) is 3.31. The number of anilines is 1. The van der Waals surface area contributed by atoms with Crippen molar-refractivity contribution in [1.82, 2.24) is 15.0 Å². The molecule has 8 heteroatoms. The van der Waals surface area contributed by atoms with Crippen LogP contribution in [0.25, 0.3) is 0 Å². The lowest BCUT2D eigenvalue weighted by Crippen LogP contribution is -2.38. The lowest BCUT2D eigenvalue weighted by Gasteiger charge is -2.23. The Morgan fingerprint density at radius 3 is 2.95 bits per heavy atom. The number of hydrogen-bond acceptors (Lipinski definition) is 5. The molecule has 0 bridgehead atoms. The normalized spacial score (nSPS) is 28.4. The molecule has 2 N–H and O–H groups in total. The van der Waals surface area contributed by atoms with Crippen molar-refractivity contribution >= 4 is 18.0 Å². The Hall–Kier alpha value is -2.12. The maximum absolute atomic E-state index is 12.1. The van der Waals surface area contributed by atoms with E-state index in [0.717, 1.165) is 12.8 Å². The molecular weight excluding hydrogens is 264 g/mol. The number of carbonyl (C=O) groups is 2. The number of carbonyl (C=O) groups excluding carboxylic acids is 1.